The minimum atomic E-state index is -0.356. The second-order valence-electron chi connectivity index (χ2n) is 8.33. The third-order valence-electron chi connectivity index (χ3n) is 4.80. The first kappa shape index (κ1) is 20.4. The quantitative estimate of drug-likeness (QED) is 0.757. The Labute approximate surface area is 166 Å². The second kappa shape index (κ2) is 8.78. The van der Waals surface area contributed by atoms with Crippen molar-refractivity contribution in [2.75, 3.05) is 13.1 Å². The summed E-state index contributed by atoms with van der Waals surface area (Å²) in [7, 11) is 0. The number of likely N-dealkylation sites (tertiary alicyclic amines) is 1. The summed E-state index contributed by atoms with van der Waals surface area (Å²) in [6.07, 6.45) is 5.21. The number of aromatic nitrogens is 2. The molecule has 1 aromatic heterocycles. The summed E-state index contributed by atoms with van der Waals surface area (Å²) in [6, 6.07) is 6.50. The molecule has 2 heterocycles. The van der Waals surface area contributed by atoms with Crippen molar-refractivity contribution in [3.63, 3.8) is 0 Å². The molecule has 0 N–H and O–H groups in total. The van der Waals surface area contributed by atoms with E-state index in [-0.39, 0.29) is 29.5 Å². The highest BCUT2D eigenvalue weighted by molar-refractivity contribution is 5.83. The number of nitrogens with zero attached hydrogens (tertiary/aromatic N) is 3. The van der Waals surface area contributed by atoms with Crippen molar-refractivity contribution in [1.82, 2.24) is 14.9 Å². The molecule has 28 heavy (non-hydrogen) atoms. The Kier molecular flexibility index (Phi) is 6.39. The average molecular weight is 385 g/mol. The van der Waals surface area contributed by atoms with Gasteiger partial charge in [-0.25, -0.2) is 9.37 Å². The zero-order chi connectivity index (χ0) is 20.1. The van der Waals surface area contributed by atoms with Crippen LogP contribution in [-0.4, -0.2) is 39.3 Å². The van der Waals surface area contributed by atoms with Crippen LogP contribution < -0.4 is 4.74 Å². The maximum atomic E-state index is 13.9. The van der Waals surface area contributed by atoms with E-state index in [4.69, 9.17) is 4.74 Å². The highest BCUT2D eigenvalue weighted by atomic mass is 19.1. The van der Waals surface area contributed by atoms with Crippen molar-refractivity contribution in [2.24, 2.45) is 5.92 Å². The van der Waals surface area contributed by atoms with Crippen molar-refractivity contribution < 1.29 is 13.9 Å². The highest BCUT2D eigenvalue weighted by Gasteiger charge is 2.27. The molecule has 1 unspecified atom stereocenters. The molecule has 1 fully saturated rings. The molecule has 1 atom stereocenters. The maximum absolute atomic E-state index is 13.9. The molecule has 1 saturated heterocycles. The number of benzene rings is 1. The molecular weight excluding hydrogens is 357 g/mol. The monoisotopic (exact) mass is 385 g/mol. The number of piperidine rings is 1. The van der Waals surface area contributed by atoms with E-state index in [9.17, 15) is 9.18 Å². The van der Waals surface area contributed by atoms with Gasteiger partial charge in [-0.15, -0.1) is 0 Å². The van der Waals surface area contributed by atoms with Crippen LogP contribution in [0.1, 0.15) is 44.9 Å². The fourth-order valence-corrected chi connectivity index (χ4v) is 3.49. The molecule has 0 bridgehead atoms. The Morgan fingerprint density at radius 3 is 2.75 bits per heavy atom. The van der Waals surface area contributed by atoms with Gasteiger partial charge in [-0.1, -0.05) is 18.2 Å². The Bertz CT molecular complexity index is 819. The van der Waals surface area contributed by atoms with E-state index in [2.05, 4.69) is 14.9 Å². The van der Waals surface area contributed by atoms with Crippen LogP contribution in [0.15, 0.2) is 36.7 Å². The summed E-state index contributed by atoms with van der Waals surface area (Å²) < 4.78 is 19.8. The summed E-state index contributed by atoms with van der Waals surface area (Å²) in [5, 5.41) is 0. The van der Waals surface area contributed by atoms with Crippen LogP contribution in [-0.2, 0) is 17.8 Å². The topological polar surface area (TPSA) is 55.3 Å². The normalized spacial score (nSPS) is 18.1. The standard InChI is InChI=1S/C22H28FN3O2/c1-22(2,3)28-21-19(24-10-11-25-21)15-26-12-6-8-17(14-26)20(27)13-16-7-4-5-9-18(16)23/h4-5,7,9-11,17H,6,8,12-15H2,1-3H3. The van der Waals surface area contributed by atoms with Gasteiger partial charge < -0.3 is 4.74 Å². The van der Waals surface area contributed by atoms with Gasteiger partial charge >= 0.3 is 0 Å². The van der Waals surface area contributed by atoms with Crippen LogP contribution in [0.4, 0.5) is 4.39 Å². The Morgan fingerprint density at radius 2 is 2.00 bits per heavy atom. The van der Waals surface area contributed by atoms with E-state index in [1.807, 2.05) is 20.8 Å². The number of hydrogen-bond donors (Lipinski definition) is 0. The lowest BCUT2D eigenvalue weighted by atomic mass is 9.90. The van der Waals surface area contributed by atoms with Crippen LogP contribution in [0, 0.1) is 11.7 Å². The van der Waals surface area contributed by atoms with Crippen molar-refractivity contribution in [1.29, 1.82) is 0 Å². The van der Waals surface area contributed by atoms with Crippen LogP contribution in [0.2, 0.25) is 0 Å². The molecule has 0 saturated carbocycles. The molecule has 2 aromatic rings. The smallest absolute Gasteiger partial charge is 0.237 e. The summed E-state index contributed by atoms with van der Waals surface area (Å²) in [6.45, 7) is 8.06. The van der Waals surface area contributed by atoms with Crippen molar-refractivity contribution in [2.45, 2.75) is 52.2 Å². The molecule has 0 aliphatic carbocycles. The molecule has 1 aliphatic heterocycles. The lowest BCUT2D eigenvalue weighted by Gasteiger charge is -2.32. The van der Waals surface area contributed by atoms with Gasteiger partial charge in [0, 0.05) is 37.8 Å². The molecule has 0 radical (unpaired) electrons. The van der Waals surface area contributed by atoms with Crippen LogP contribution in [0.3, 0.4) is 0 Å². The molecule has 150 valence electrons. The first-order valence-corrected chi connectivity index (χ1v) is 9.79. The van der Waals surface area contributed by atoms with Gasteiger partial charge in [-0.05, 0) is 51.8 Å². The van der Waals surface area contributed by atoms with Gasteiger partial charge in [0.1, 0.15) is 22.9 Å². The van der Waals surface area contributed by atoms with Crippen molar-refractivity contribution in [3.8, 4) is 5.88 Å². The van der Waals surface area contributed by atoms with Gasteiger partial charge in [-0.3, -0.25) is 14.7 Å². The number of carbonyl (C=O) groups excluding carboxylic acids is 1. The summed E-state index contributed by atoms with van der Waals surface area (Å²) in [4.78, 5) is 23.7. The summed E-state index contributed by atoms with van der Waals surface area (Å²) >= 11 is 0. The van der Waals surface area contributed by atoms with E-state index >= 15 is 0 Å². The molecule has 0 spiro atoms. The van der Waals surface area contributed by atoms with Crippen LogP contribution in [0.25, 0.3) is 0 Å². The molecule has 5 nitrogen and oxygen atoms in total. The lowest BCUT2D eigenvalue weighted by molar-refractivity contribution is -0.124. The molecule has 1 aliphatic rings. The summed E-state index contributed by atoms with van der Waals surface area (Å²) in [5.74, 6) is 0.235. The number of carbonyl (C=O) groups is 1. The van der Waals surface area contributed by atoms with Gasteiger partial charge in [-0.2, -0.15) is 0 Å². The SMILES string of the molecule is CC(C)(C)Oc1nccnc1CN1CCCC(C(=O)Cc2ccccc2F)C1. The minimum Gasteiger partial charge on any atom is -0.471 e. The van der Waals surface area contributed by atoms with E-state index in [1.54, 1.807) is 30.6 Å². The molecular formula is C22H28FN3O2. The van der Waals surface area contributed by atoms with E-state index < -0.39 is 0 Å². The summed E-state index contributed by atoms with van der Waals surface area (Å²) in [5.41, 5.74) is 0.893. The number of ether oxygens (including phenoxy) is 1. The van der Waals surface area contributed by atoms with Crippen LogP contribution >= 0.6 is 0 Å². The zero-order valence-electron chi connectivity index (χ0n) is 16.8. The minimum absolute atomic E-state index is 0.0861. The van der Waals surface area contributed by atoms with E-state index in [0.717, 1.165) is 25.1 Å². The van der Waals surface area contributed by atoms with Crippen LogP contribution in [0.5, 0.6) is 5.88 Å². The first-order chi connectivity index (χ1) is 13.3. The molecule has 1 aromatic carbocycles. The number of ketones is 1. The van der Waals surface area contributed by atoms with Gasteiger partial charge in [0.05, 0.1) is 0 Å². The average Bonchev–Trinajstić information content (AvgIpc) is 2.64. The zero-order valence-corrected chi connectivity index (χ0v) is 16.8. The Balaban J connectivity index is 1.64. The van der Waals surface area contributed by atoms with E-state index in [0.29, 0.717) is 24.5 Å². The molecule has 0 amide bonds. The van der Waals surface area contributed by atoms with Gasteiger partial charge in [0.2, 0.25) is 5.88 Å². The number of rotatable bonds is 6. The third kappa shape index (κ3) is 5.58. The third-order valence-corrected chi connectivity index (χ3v) is 4.80. The van der Waals surface area contributed by atoms with E-state index in [1.165, 1.54) is 6.07 Å². The first-order valence-electron chi connectivity index (χ1n) is 9.79. The molecule has 3 rings (SSSR count). The predicted molar refractivity (Wildman–Crippen MR) is 106 cm³/mol. The number of halogens is 1. The predicted octanol–water partition coefficient (Wildman–Crippen LogP) is 3.82. The van der Waals surface area contributed by atoms with Crippen molar-refractivity contribution >= 4 is 5.78 Å². The van der Waals surface area contributed by atoms with Crippen molar-refractivity contribution in [3.05, 3.63) is 53.7 Å². The van der Waals surface area contributed by atoms with Gasteiger partial charge in [0.15, 0.2) is 0 Å². The fourth-order valence-electron chi connectivity index (χ4n) is 3.49. The second-order valence-corrected chi connectivity index (χ2v) is 8.33. The highest BCUT2D eigenvalue weighted by Crippen LogP contribution is 2.24. The number of hydrogen-bond acceptors (Lipinski definition) is 5. The fraction of sp³-hybridized carbons (Fsp3) is 0.500. The number of Topliss-reactive ketones (excluding diaryl/α,β-unsaturated/α-hetero) is 1. The Hall–Kier alpha value is -2.34. The lowest BCUT2D eigenvalue weighted by Crippen LogP contribution is -2.39. The Morgan fingerprint density at radius 1 is 1.25 bits per heavy atom. The van der Waals surface area contributed by atoms with Gasteiger partial charge in [0.25, 0.3) is 0 Å². The maximum Gasteiger partial charge on any atom is 0.237 e. The largest absolute Gasteiger partial charge is 0.471 e. The molecule has 6 heteroatoms.